The van der Waals surface area contributed by atoms with Crippen molar-refractivity contribution in [3.8, 4) is 0 Å². The number of allylic oxidation sites excluding steroid dienone is 2. The van der Waals surface area contributed by atoms with Crippen LogP contribution in [0.15, 0.2) is 12.2 Å². The molecule has 0 heterocycles. The molecule has 0 rings (SSSR count). The van der Waals surface area contributed by atoms with Crippen LogP contribution >= 0.6 is 0 Å². The first kappa shape index (κ1) is 58.6. The van der Waals surface area contributed by atoms with E-state index in [9.17, 15) is 19.8 Å². The third kappa shape index (κ3) is 46.1. The van der Waals surface area contributed by atoms with Crippen LogP contribution in [0.4, 0.5) is 0 Å². The number of ether oxygens (including phenoxy) is 1. The van der Waals surface area contributed by atoms with Crippen molar-refractivity contribution in [2.45, 2.75) is 309 Å². The predicted octanol–water partition coefficient (Wildman–Crippen LogP) is 16.1. The number of nitrogens with one attached hydrogen (secondary N) is 1. The van der Waals surface area contributed by atoms with Gasteiger partial charge in [0.25, 0.3) is 0 Å². The van der Waals surface area contributed by atoms with Crippen molar-refractivity contribution >= 4 is 11.9 Å². The molecule has 60 heavy (non-hydrogen) atoms. The lowest BCUT2D eigenvalue weighted by Gasteiger charge is -2.22. The Morgan fingerprint density at radius 3 is 1.22 bits per heavy atom. The van der Waals surface area contributed by atoms with Gasteiger partial charge in [0.05, 0.1) is 25.4 Å². The van der Waals surface area contributed by atoms with Crippen LogP contribution in [0.1, 0.15) is 296 Å². The molecule has 3 N–H and O–H groups in total. The first-order chi connectivity index (χ1) is 29.5. The Hall–Kier alpha value is -1.40. The van der Waals surface area contributed by atoms with Crippen LogP contribution in [0.2, 0.25) is 0 Å². The van der Waals surface area contributed by atoms with Crippen LogP contribution in [0.25, 0.3) is 0 Å². The monoisotopic (exact) mass is 848 g/mol. The van der Waals surface area contributed by atoms with Crippen molar-refractivity contribution in [2.24, 2.45) is 0 Å². The molecule has 0 aliphatic rings. The van der Waals surface area contributed by atoms with E-state index in [1.807, 2.05) is 0 Å². The molecule has 356 valence electrons. The maximum absolute atomic E-state index is 12.5. The van der Waals surface area contributed by atoms with Gasteiger partial charge in [-0.05, 0) is 51.4 Å². The fraction of sp³-hybridized carbons (Fsp3) is 0.926. The molecule has 0 aliphatic heterocycles. The Morgan fingerprint density at radius 2 is 0.783 bits per heavy atom. The second-order valence-corrected chi connectivity index (χ2v) is 18.6. The van der Waals surface area contributed by atoms with Crippen molar-refractivity contribution in [1.29, 1.82) is 0 Å². The molecule has 0 aromatic heterocycles. The minimum absolute atomic E-state index is 0.00900. The standard InChI is InChI=1S/C54H105NO5/c1-3-5-7-9-11-13-15-17-18-20-23-26-30-34-38-42-46-52(57)51(50-56)55-53(58)47-43-39-35-31-27-24-21-19-22-25-29-33-37-41-45-49-60-54(59)48-44-40-36-32-28-16-14-12-10-8-6-4-2/h12,14,51-52,56-57H,3-11,13,15-50H2,1-2H3,(H,55,58)/b14-12-. The zero-order chi connectivity index (χ0) is 43.7. The fourth-order valence-electron chi connectivity index (χ4n) is 8.40. The summed E-state index contributed by atoms with van der Waals surface area (Å²) >= 11 is 0. The molecular formula is C54H105NO5. The summed E-state index contributed by atoms with van der Waals surface area (Å²) in [5.74, 6) is -0.0510. The normalized spacial score (nSPS) is 12.7. The summed E-state index contributed by atoms with van der Waals surface area (Å²) in [6.07, 6.45) is 57.5. The Labute approximate surface area is 374 Å². The number of aliphatic hydroxyl groups excluding tert-OH is 2. The minimum Gasteiger partial charge on any atom is -0.466 e. The SMILES string of the molecule is CCCCC/C=C\CCCCCCCC(=O)OCCCCCCCCCCCCCCCCCC(=O)NC(CO)C(O)CCCCCCCCCCCCCCCCCC. The van der Waals surface area contributed by atoms with Gasteiger partial charge in [0.2, 0.25) is 5.91 Å². The summed E-state index contributed by atoms with van der Waals surface area (Å²) in [5, 5.41) is 23.3. The van der Waals surface area contributed by atoms with E-state index in [1.165, 1.54) is 212 Å². The molecule has 0 aromatic carbocycles. The molecule has 0 spiro atoms. The summed E-state index contributed by atoms with van der Waals surface area (Å²) in [6, 6.07) is -0.547. The molecule has 2 atom stereocenters. The zero-order valence-corrected chi connectivity index (χ0v) is 40.5. The lowest BCUT2D eigenvalue weighted by molar-refractivity contribution is -0.143. The van der Waals surface area contributed by atoms with Crippen molar-refractivity contribution in [2.75, 3.05) is 13.2 Å². The minimum atomic E-state index is -0.669. The summed E-state index contributed by atoms with van der Waals surface area (Å²) in [6.45, 7) is 4.92. The van der Waals surface area contributed by atoms with Crippen molar-refractivity contribution in [1.82, 2.24) is 5.32 Å². The van der Waals surface area contributed by atoms with Crippen molar-refractivity contribution in [3.05, 3.63) is 12.2 Å². The van der Waals surface area contributed by atoms with E-state index >= 15 is 0 Å². The summed E-state index contributed by atoms with van der Waals surface area (Å²) in [7, 11) is 0. The Morgan fingerprint density at radius 1 is 0.450 bits per heavy atom. The molecule has 0 fully saturated rings. The highest BCUT2D eigenvalue weighted by Gasteiger charge is 2.20. The highest BCUT2D eigenvalue weighted by Crippen LogP contribution is 2.17. The summed E-state index contributed by atoms with van der Waals surface area (Å²) < 4.78 is 5.45. The van der Waals surface area contributed by atoms with Gasteiger partial charge in [-0.25, -0.2) is 0 Å². The number of hydrogen-bond acceptors (Lipinski definition) is 5. The quantitative estimate of drug-likeness (QED) is 0.0322. The lowest BCUT2D eigenvalue weighted by atomic mass is 10.0. The average molecular weight is 848 g/mol. The second kappa shape index (κ2) is 50.2. The van der Waals surface area contributed by atoms with Gasteiger partial charge in [-0.2, -0.15) is 0 Å². The lowest BCUT2D eigenvalue weighted by Crippen LogP contribution is -2.45. The first-order valence-electron chi connectivity index (χ1n) is 26.9. The van der Waals surface area contributed by atoms with E-state index in [4.69, 9.17) is 4.74 Å². The Bertz CT molecular complexity index is 893. The third-order valence-corrected chi connectivity index (χ3v) is 12.6. The van der Waals surface area contributed by atoms with Gasteiger partial charge in [-0.1, -0.05) is 244 Å². The van der Waals surface area contributed by atoms with E-state index in [0.29, 0.717) is 25.9 Å². The molecule has 0 saturated carbocycles. The van der Waals surface area contributed by atoms with Crippen LogP contribution in [-0.4, -0.2) is 47.4 Å². The van der Waals surface area contributed by atoms with Gasteiger partial charge in [0.15, 0.2) is 0 Å². The first-order valence-corrected chi connectivity index (χ1v) is 26.9. The van der Waals surface area contributed by atoms with Gasteiger partial charge in [0.1, 0.15) is 0 Å². The molecule has 0 radical (unpaired) electrons. The molecular weight excluding hydrogens is 743 g/mol. The maximum atomic E-state index is 12.5. The van der Waals surface area contributed by atoms with Gasteiger partial charge in [0, 0.05) is 12.8 Å². The van der Waals surface area contributed by atoms with Gasteiger partial charge in [-0.15, -0.1) is 0 Å². The average Bonchev–Trinajstić information content (AvgIpc) is 3.25. The maximum Gasteiger partial charge on any atom is 0.305 e. The number of carbonyl (C=O) groups is 2. The molecule has 0 aliphatic carbocycles. The summed E-state index contributed by atoms with van der Waals surface area (Å²) in [4.78, 5) is 24.5. The van der Waals surface area contributed by atoms with E-state index in [2.05, 4.69) is 31.3 Å². The molecule has 1 amide bonds. The second-order valence-electron chi connectivity index (χ2n) is 18.6. The zero-order valence-electron chi connectivity index (χ0n) is 40.5. The predicted molar refractivity (Wildman–Crippen MR) is 260 cm³/mol. The Balaban J connectivity index is 3.44. The number of carbonyl (C=O) groups excluding carboxylic acids is 2. The molecule has 0 bridgehead atoms. The summed E-state index contributed by atoms with van der Waals surface area (Å²) in [5.41, 5.74) is 0. The van der Waals surface area contributed by atoms with Crippen LogP contribution in [0.5, 0.6) is 0 Å². The van der Waals surface area contributed by atoms with E-state index in [0.717, 1.165) is 51.4 Å². The number of unbranched alkanes of at least 4 members (excludes halogenated alkanes) is 37. The van der Waals surface area contributed by atoms with Crippen LogP contribution in [0, 0.1) is 0 Å². The fourth-order valence-corrected chi connectivity index (χ4v) is 8.40. The van der Waals surface area contributed by atoms with Gasteiger partial charge in [-0.3, -0.25) is 9.59 Å². The van der Waals surface area contributed by atoms with Crippen molar-refractivity contribution < 1.29 is 24.5 Å². The highest BCUT2D eigenvalue weighted by molar-refractivity contribution is 5.76. The molecule has 6 nitrogen and oxygen atoms in total. The molecule has 6 heteroatoms. The molecule has 2 unspecified atom stereocenters. The number of amides is 1. The van der Waals surface area contributed by atoms with E-state index in [1.54, 1.807) is 0 Å². The topological polar surface area (TPSA) is 95.9 Å². The smallest absolute Gasteiger partial charge is 0.305 e. The number of rotatable bonds is 50. The van der Waals surface area contributed by atoms with E-state index < -0.39 is 12.1 Å². The van der Waals surface area contributed by atoms with Gasteiger partial charge < -0.3 is 20.3 Å². The van der Waals surface area contributed by atoms with Crippen molar-refractivity contribution in [3.63, 3.8) is 0 Å². The van der Waals surface area contributed by atoms with E-state index in [-0.39, 0.29) is 18.5 Å². The van der Waals surface area contributed by atoms with Gasteiger partial charge >= 0.3 is 5.97 Å². The van der Waals surface area contributed by atoms with Crippen LogP contribution in [0.3, 0.4) is 0 Å². The number of aliphatic hydroxyl groups is 2. The van der Waals surface area contributed by atoms with Crippen LogP contribution in [-0.2, 0) is 14.3 Å². The molecule has 0 aromatic rings. The third-order valence-electron chi connectivity index (χ3n) is 12.6. The van der Waals surface area contributed by atoms with Crippen LogP contribution < -0.4 is 5.32 Å². The highest BCUT2D eigenvalue weighted by atomic mass is 16.5. The largest absolute Gasteiger partial charge is 0.466 e. The number of esters is 1. The Kier molecular flexibility index (Phi) is 49.1. The number of hydrogen-bond donors (Lipinski definition) is 3. The molecule has 0 saturated heterocycles.